The number of fused-ring (bicyclic) bond motifs is 4. The van der Waals surface area contributed by atoms with Crippen LogP contribution in [0.1, 0.15) is 49.4 Å². The molecule has 0 spiro atoms. The van der Waals surface area contributed by atoms with E-state index in [-0.39, 0.29) is 53.9 Å². The lowest BCUT2D eigenvalue weighted by molar-refractivity contribution is -0.149. The van der Waals surface area contributed by atoms with E-state index in [9.17, 15) is 34.8 Å². The Bertz CT molecular complexity index is 1340. The van der Waals surface area contributed by atoms with E-state index in [0.29, 0.717) is 11.1 Å². The first-order valence-corrected chi connectivity index (χ1v) is 11.7. The number of ketones is 2. The number of aromatic hydroxyl groups is 1. The lowest BCUT2D eigenvalue weighted by atomic mass is 9.58. The van der Waals surface area contributed by atoms with Crippen molar-refractivity contribution in [2.24, 2.45) is 23.3 Å². The van der Waals surface area contributed by atoms with Crippen LogP contribution in [0, 0.1) is 17.7 Å². The second-order valence-electron chi connectivity index (χ2n) is 11.1. The molecule has 0 unspecified atom stereocenters. The van der Waals surface area contributed by atoms with E-state index >= 15 is 4.39 Å². The van der Waals surface area contributed by atoms with Crippen molar-refractivity contribution >= 4 is 23.2 Å². The van der Waals surface area contributed by atoms with E-state index < -0.39 is 63.9 Å². The average Bonchev–Trinajstić information content (AvgIpc) is 3.24. The fraction of sp³-hybridized carbons (Fsp3) is 0.480. The molecule has 1 fully saturated rings. The first kappa shape index (κ1) is 24.4. The summed E-state index contributed by atoms with van der Waals surface area (Å²) in [5, 5.41) is 44.3. The number of Topliss-reactive ketones (excluding diaryl/α,β-unsaturated/α-hetero) is 2. The number of rotatable bonds is 1. The van der Waals surface area contributed by atoms with Gasteiger partial charge in [-0.05, 0) is 39.5 Å². The van der Waals surface area contributed by atoms with Crippen LogP contribution in [0.2, 0.25) is 0 Å². The second kappa shape index (κ2) is 7.37. The van der Waals surface area contributed by atoms with Gasteiger partial charge in [-0.1, -0.05) is 0 Å². The molecule has 1 aliphatic heterocycles. The quantitative estimate of drug-likeness (QED) is 0.300. The fourth-order valence-corrected chi connectivity index (χ4v) is 6.16. The SMILES string of the molecule is CC(C)(C)N1Cc2c(O)c3c(c(F)c2C1)C[C@H]1C[C@H]2[C@H](N)C(=O)C(C(N)=O)=C(O)[C@@]2(O)C(=O)C1=C3O. The van der Waals surface area contributed by atoms with Crippen LogP contribution in [0.25, 0.3) is 5.76 Å². The maximum atomic E-state index is 15.8. The van der Waals surface area contributed by atoms with Gasteiger partial charge < -0.3 is 31.9 Å². The molecule has 0 aromatic heterocycles. The number of hydrogen-bond acceptors (Lipinski definition) is 9. The fourth-order valence-electron chi connectivity index (χ4n) is 6.16. The molecule has 0 bridgehead atoms. The molecule has 8 N–H and O–H groups in total. The van der Waals surface area contributed by atoms with Crippen molar-refractivity contribution in [1.29, 1.82) is 0 Å². The van der Waals surface area contributed by atoms with E-state index in [2.05, 4.69) is 0 Å². The molecule has 1 heterocycles. The van der Waals surface area contributed by atoms with Crippen LogP contribution in [-0.2, 0) is 33.9 Å². The van der Waals surface area contributed by atoms with E-state index in [0.717, 1.165) is 0 Å². The lowest BCUT2D eigenvalue weighted by Crippen LogP contribution is -2.65. The lowest BCUT2D eigenvalue weighted by Gasteiger charge is -2.48. The first-order chi connectivity index (χ1) is 16.6. The molecule has 11 heteroatoms. The van der Waals surface area contributed by atoms with Crippen LogP contribution in [0.15, 0.2) is 16.9 Å². The van der Waals surface area contributed by atoms with Gasteiger partial charge in [-0.2, -0.15) is 0 Å². The Morgan fingerprint density at radius 1 is 1.11 bits per heavy atom. The number of carbonyl (C=O) groups is 3. The number of nitrogens with zero attached hydrogens (tertiary/aromatic N) is 1. The van der Waals surface area contributed by atoms with E-state index in [1.54, 1.807) is 0 Å². The minimum absolute atomic E-state index is 0.0276. The summed E-state index contributed by atoms with van der Waals surface area (Å²) >= 11 is 0. The van der Waals surface area contributed by atoms with Crippen LogP contribution in [0.5, 0.6) is 5.75 Å². The molecule has 0 saturated heterocycles. The highest BCUT2D eigenvalue weighted by atomic mass is 19.1. The molecule has 1 aromatic carbocycles. The Morgan fingerprint density at radius 2 is 1.72 bits per heavy atom. The minimum Gasteiger partial charge on any atom is -0.508 e. The number of phenolic OH excluding ortho intramolecular Hbond substituents is 1. The topological polar surface area (TPSA) is 187 Å². The maximum absolute atomic E-state index is 15.8. The summed E-state index contributed by atoms with van der Waals surface area (Å²) in [5.74, 6) is -8.63. The third-order valence-electron chi connectivity index (χ3n) is 8.21. The molecule has 3 aliphatic carbocycles. The van der Waals surface area contributed by atoms with Gasteiger partial charge >= 0.3 is 0 Å². The summed E-state index contributed by atoms with van der Waals surface area (Å²) in [6.07, 6.45) is -0.279. The first-order valence-electron chi connectivity index (χ1n) is 11.7. The van der Waals surface area contributed by atoms with Gasteiger partial charge in [0.2, 0.25) is 5.78 Å². The Balaban J connectivity index is 1.70. The van der Waals surface area contributed by atoms with Crippen molar-refractivity contribution in [3.8, 4) is 5.75 Å². The van der Waals surface area contributed by atoms with Gasteiger partial charge in [0, 0.05) is 46.8 Å². The van der Waals surface area contributed by atoms with Crippen molar-refractivity contribution in [2.45, 2.75) is 63.9 Å². The Labute approximate surface area is 205 Å². The highest BCUT2D eigenvalue weighted by Crippen LogP contribution is 2.53. The van der Waals surface area contributed by atoms with Gasteiger partial charge in [0.25, 0.3) is 5.91 Å². The Hall–Kier alpha value is -3.28. The number of halogens is 1. The largest absolute Gasteiger partial charge is 0.508 e. The number of primary amides is 1. The van der Waals surface area contributed by atoms with Gasteiger partial charge in [-0.25, -0.2) is 4.39 Å². The molecular weight excluding hydrogens is 473 g/mol. The van der Waals surface area contributed by atoms with E-state index in [1.165, 1.54) is 0 Å². The smallest absolute Gasteiger partial charge is 0.255 e. The van der Waals surface area contributed by atoms with Gasteiger partial charge in [0.05, 0.1) is 11.6 Å². The molecule has 10 nitrogen and oxygen atoms in total. The van der Waals surface area contributed by atoms with Gasteiger partial charge in [-0.3, -0.25) is 19.3 Å². The molecule has 1 aromatic rings. The zero-order valence-corrected chi connectivity index (χ0v) is 20.1. The molecule has 4 aliphatic rings. The number of carbonyl (C=O) groups excluding carboxylic acids is 3. The summed E-state index contributed by atoms with van der Waals surface area (Å²) in [4.78, 5) is 40.0. The number of nitrogens with two attached hydrogens (primary N) is 2. The van der Waals surface area contributed by atoms with Crippen molar-refractivity contribution in [3.63, 3.8) is 0 Å². The molecule has 192 valence electrons. The van der Waals surface area contributed by atoms with E-state index in [4.69, 9.17) is 11.5 Å². The molecule has 1 amide bonds. The third-order valence-corrected chi connectivity index (χ3v) is 8.21. The molecule has 0 radical (unpaired) electrons. The van der Waals surface area contributed by atoms with Crippen LogP contribution < -0.4 is 11.5 Å². The van der Waals surface area contributed by atoms with E-state index in [1.807, 2.05) is 25.7 Å². The minimum atomic E-state index is -2.79. The van der Waals surface area contributed by atoms with Crippen LogP contribution in [0.3, 0.4) is 0 Å². The molecule has 36 heavy (non-hydrogen) atoms. The zero-order chi connectivity index (χ0) is 26.6. The summed E-state index contributed by atoms with van der Waals surface area (Å²) in [6.45, 7) is 6.33. The maximum Gasteiger partial charge on any atom is 0.255 e. The van der Waals surface area contributed by atoms with Crippen LogP contribution >= 0.6 is 0 Å². The number of amides is 1. The standard InChI is InChI=1S/C25H28FN3O7/c1-24(2,3)29-6-10-11(7-29)18(30)14-9(16(10)26)4-8-5-12-17(27)20(32)15(23(28)35)22(34)25(12,36)21(33)13(8)19(14)31/h8,12,17,30-31,34,36H,4-7,27H2,1-3H3,(H2,28,35)/t8-,12-,17-,25-/m0/s1. The van der Waals surface area contributed by atoms with Gasteiger partial charge in [-0.15, -0.1) is 0 Å². The summed E-state index contributed by atoms with van der Waals surface area (Å²) < 4.78 is 15.8. The van der Waals surface area contributed by atoms with Crippen molar-refractivity contribution in [1.82, 2.24) is 4.90 Å². The Kier molecular flexibility index (Phi) is 5.00. The predicted molar refractivity (Wildman–Crippen MR) is 124 cm³/mol. The monoisotopic (exact) mass is 501 g/mol. The molecule has 5 rings (SSSR count). The highest BCUT2D eigenvalue weighted by Gasteiger charge is 2.63. The Morgan fingerprint density at radius 3 is 2.31 bits per heavy atom. The second-order valence-corrected chi connectivity index (χ2v) is 11.1. The summed E-state index contributed by atoms with van der Waals surface area (Å²) in [6, 6.07) is -1.54. The average molecular weight is 502 g/mol. The van der Waals surface area contributed by atoms with Crippen molar-refractivity contribution < 1.29 is 39.2 Å². The molecule has 1 saturated carbocycles. The number of benzene rings is 1. The number of phenols is 1. The number of aliphatic hydroxyl groups excluding tert-OH is 2. The van der Waals surface area contributed by atoms with Crippen LogP contribution in [0.4, 0.5) is 4.39 Å². The molecular formula is C25H28FN3O7. The van der Waals surface area contributed by atoms with Gasteiger partial charge in [0.15, 0.2) is 11.4 Å². The predicted octanol–water partition coefficient (Wildman–Crippen LogP) is 0.614. The van der Waals surface area contributed by atoms with Crippen molar-refractivity contribution in [2.75, 3.05) is 0 Å². The normalized spacial score (nSPS) is 30.2. The summed E-state index contributed by atoms with van der Waals surface area (Å²) in [5.41, 5.74) is 7.17. The zero-order valence-electron chi connectivity index (χ0n) is 20.1. The van der Waals surface area contributed by atoms with Gasteiger partial charge in [0.1, 0.15) is 28.7 Å². The van der Waals surface area contributed by atoms with Crippen LogP contribution in [-0.4, -0.2) is 60.0 Å². The summed E-state index contributed by atoms with van der Waals surface area (Å²) in [7, 11) is 0. The number of aliphatic hydroxyl groups is 3. The molecule has 4 atom stereocenters. The number of hydrogen-bond donors (Lipinski definition) is 6. The third kappa shape index (κ3) is 2.90. The van der Waals surface area contributed by atoms with Crippen molar-refractivity contribution in [3.05, 3.63) is 45.0 Å². The highest BCUT2D eigenvalue weighted by molar-refractivity contribution is 6.24.